The second-order valence-electron chi connectivity index (χ2n) is 6.72. The molecule has 0 fully saturated rings. The van der Waals surface area contributed by atoms with E-state index in [0.29, 0.717) is 17.3 Å². The Bertz CT molecular complexity index is 967. The predicted octanol–water partition coefficient (Wildman–Crippen LogP) is 4.41. The van der Waals surface area contributed by atoms with E-state index in [9.17, 15) is 4.79 Å². The van der Waals surface area contributed by atoms with E-state index in [0.717, 1.165) is 23.5 Å². The Morgan fingerprint density at radius 2 is 1.75 bits per heavy atom. The summed E-state index contributed by atoms with van der Waals surface area (Å²) in [5.74, 6) is 0.864. The maximum atomic E-state index is 12.7. The maximum absolute atomic E-state index is 12.7. The van der Waals surface area contributed by atoms with Crippen LogP contribution in [0.2, 0.25) is 0 Å². The number of nitrogens with zero attached hydrogens (tertiary/aromatic N) is 3. The second kappa shape index (κ2) is 8.52. The van der Waals surface area contributed by atoms with E-state index in [4.69, 9.17) is 0 Å². The molecule has 2 N–H and O–H groups in total. The van der Waals surface area contributed by atoms with E-state index in [-0.39, 0.29) is 5.91 Å². The van der Waals surface area contributed by atoms with Crippen molar-refractivity contribution in [2.75, 3.05) is 29.6 Å². The smallest absolute Gasteiger partial charge is 0.274 e. The lowest BCUT2D eigenvalue weighted by Crippen LogP contribution is -2.15. The molecular weight excluding hydrogens is 350 g/mol. The van der Waals surface area contributed by atoms with E-state index in [2.05, 4.69) is 33.6 Å². The van der Waals surface area contributed by atoms with Crippen LogP contribution in [0, 0.1) is 6.92 Å². The number of nitrogens with one attached hydrogen (secondary N) is 2. The monoisotopic (exact) mass is 375 g/mol. The molecule has 6 heteroatoms. The molecule has 0 saturated carbocycles. The third-order valence-corrected chi connectivity index (χ3v) is 4.37. The summed E-state index contributed by atoms with van der Waals surface area (Å²) in [6.45, 7) is 3.88. The van der Waals surface area contributed by atoms with Crippen molar-refractivity contribution < 1.29 is 4.79 Å². The summed E-state index contributed by atoms with van der Waals surface area (Å²) in [4.78, 5) is 23.4. The zero-order valence-electron chi connectivity index (χ0n) is 16.7. The Morgan fingerprint density at radius 1 is 1.04 bits per heavy atom. The lowest BCUT2D eigenvalue weighted by atomic mass is 10.1. The molecule has 0 spiro atoms. The minimum Gasteiger partial charge on any atom is -0.378 e. The molecule has 0 aliphatic heterocycles. The van der Waals surface area contributed by atoms with Gasteiger partial charge in [0.05, 0.1) is 0 Å². The second-order valence-corrected chi connectivity index (χ2v) is 6.72. The number of anilines is 4. The first-order valence-corrected chi connectivity index (χ1v) is 9.25. The minimum atomic E-state index is -0.269. The Labute approximate surface area is 165 Å². The van der Waals surface area contributed by atoms with Crippen LogP contribution in [-0.2, 0) is 6.42 Å². The highest BCUT2D eigenvalue weighted by atomic mass is 16.1. The minimum absolute atomic E-state index is 0.269. The van der Waals surface area contributed by atoms with E-state index < -0.39 is 0 Å². The summed E-state index contributed by atoms with van der Waals surface area (Å²) < 4.78 is 0. The number of rotatable bonds is 6. The van der Waals surface area contributed by atoms with Gasteiger partial charge in [0.15, 0.2) is 0 Å². The van der Waals surface area contributed by atoms with Gasteiger partial charge in [0.1, 0.15) is 17.3 Å². The average Bonchev–Trinajstić information content (AvgIpc) is 2.68. The van der Waals surface area contributed by atoms with Crippen molar-refractivity contribution in [3.63, 3.8) is 0 Å². The topological polar surface area (TPSA) is 70.2 Å². The molecule has 0 radical (unpaired) electrons. The number of amides is 1. The van der Waals surface area contributed by atoms with Gasteiger partial charge in [-0.05, 0) is 49.2 Å². The van der Waals surface area contributed by atoms with Crippen LogP contribution in [0.3, 0.4) is 0 Å². The molecule has 1 heterocycles. The van der Waals surface area contributed by atoms with Crippen LogP contribution >= 0.6 is 0 Å². The van der Waals surface area contributed by atoms with Gasteiger partial charge in [-0.2, -0.15) is 0 Å². The molecule has 0 saturated heterocycles. The van der Waals surface area contributed by atoms with E-state index in [1.807, 2.05) is 61.5 Å². The first-order valence-electron chi connectivity index (χ1n) is 9.25. The normalized spacial score (nSPS) is 10.4. The lowest BCUT2D eigenvalue weighted by molar-refractivity contribution is 0.102. The third kappa shape index (κ3) is 4.65. The molecule has 0 atom stereocenters. The molecule has 144 valence electrons. The lowest BCUT2D eigenvalue weighted by Gasteiger charge is -2.13. The highest BCUT2D eigenvalue weighted by molar-refractivity contribution is 6.03. The largest absolute Gasteiger partial charge is 0.378 e. The van der Waals surface area contributed by atoms with Crippen molar-refractivity contribution in [1.82, 2.24) is 9.97 Å². The number of aryl methyl sites for hydroxylation is 2. The van der Waals surface area contributed by atoms with Gasteiger partial charge in [0, 0.05) is 37.2 Å². The van der Waals surface area contributed by atoms with Gasteiger partial charge in [-0.25, -0.2) is 9.97 Å². The Kier molecular flexibility index (Phi) is 5.89. The molecule has 0 unspecified atom stereocenters. The van der Waals surface area contributed by atoms with Crippen LogP contribution in [0.25, 0.3) is 0 Å². The van der Waals surface area contributed by atoms with Gasteiger partial charge >= 0.3 is 0 Å². The summed E-state index contributed by atoms with van der Waals surface area (Å²) >= 11 is 0. The highest BCUT2D eigenvalue weighted by Gasteiger charge is 2.12. The molecule has 28 heavy (non-hydrogen) atoms. The van der Waals surface area contributed by atoms with Crippen LogP contribution < -0.4 is 15.5 Å². The van der Waals surface area contributed by atoms with Crippen molar-refractivity contribution >= 4 is 28.8 Å². The molecule has 3 aromatic rings. The van der Waals surface area contributed by atoms with Gasteiger partial charge in [0.25, 0.3) is 5.91 Å². The number of hydrogen-bond acceptors (Lipinski definition) is 5. The Morgan fingerprint density at radius 3 is 2.43 bits per heavy atom. The van der Waals surface area contributed by atoms with Crippen LogP contribution in [0.4, 0.5) is 22.9 Å². The predicted molar refractivity (Wildman–Crippen MR) is 115 cm³/mol. The van der Waals surface area contributed by atoms with Crippen molar-refractivity contribution in [2.45, 2.75) is 20.3 Å². The SMILES string of the molecule is CCc1ccccc1Nc1cc(C(=O)Nc2ccc(N(C)C)cc2)nc(C)n1. The summed E-state index contributed by atoms with van der Waals surface area (Å²) in [6, 6.07) is 17.4. The highest BCUT2D eigenvalue weighted by Crippen LogP contribution is 2.21. The fourth-order valence-electron chi connectivity index (χ4n) is 2.87. The summed E-state index contributed by atoms with van der Waals surface area (Å²) in [5, 5.41) is 6.20. The van der Waals surface area contributed by atoms with Gasteiger partial charge in [-0.1, -0.05) is 25.1 Å². The molecule has 3 rings (SSSR count). The first-order chi connectivity index (χ1) is 13.5. The zero-order chi connectivity index (χ0) is 20.1. The maximum Gasteiger partial charge on any atom is 0.274 e. The molecular formula is C22H25N5O. The van der Waals surface area contributed by atoms with Crippen molar-refractivity contribution in [3.05, 3.63) is 71.7 Å². The van der Waals surface area contributed by atoms with Gasteiger partial charge in [0.2, 0.25) is 0 Å². The number of benzene rings is 2. The van der Waals surface area contributed by atoms with Gasteiger partial charge < -0.3 is 15.5 Å². The van der Waals surface area contributed by atoms with Crippen LogP contribution in [-0.4, -0.2) is 30.0 Å². The summed E-state index contributed by atoms with van der Waals surface area (Å²) in [6.07, 6.45) is 0.906. The van der Waals surface area contributed by atoms with Crippen LogP contribution in [0.15, 0.2) is 54.6 Å². The summed E-state index contributed by atoms with van der Waals surface area (Å²) in [7, 11) is 3.95. The van der Waals surface area contributed by atoms with Gasteiger partial charge in [-0.3, -0.25) is 4.79 Å². The molecule has 1 aromatic heterocycles. The first kappa shape index (κ1) is 19.4. The van der Waals surface area contributed by atoms with Crippen molar-refractivity contribution in [2.24, 2.45) is 0 Å². The Balaban J connectivity index is 1.79. The molecule has 0 bridgehead atoms. The molecule has 2 aromatic carbocycles. The summed E-state index contributed by atoms with van der Waals surface area (Å²) in [5.41, 5.74) is 4.27. The number of hydrogen-bond donors (Lipinski definition) is 2. The number of carbonyl (C=O) groups excluding carboxylic acids is 1. The molecule has 6 nitrogen and oxygen atoms in total. The average molecular weight is 375 g/mol. The standard InChI is InChI=1S/C22H25N5O/c1-5-16-8-6-7-9-19(16)26-21-14-20(23-15(2)24-21)22(28)25-17-10-12-18(13-11-17)27(3)4/h6-14H,5H2,1-4H3,(H,25,28)(H,23,24,26). The van der Waals surface area contributed by atoms with E-state index in [1.54, 1.807) is 13.0 Å². The van der Waals surface area contributed by atoms with E-state index >= 15 is 0 Å². The number of para-hydroxylation sites is 1. The molecule has 0 aliphatic rings. The molecule has 0 aliphatic carbocycles. The van der Waals surface area contributed by atoms with Crippen LogP contribution in [0.5, 0.6) is 0 Å². The third-order valence-electron chi connectivity index (χ3n) is 4.37. The number of aromatic nitrogens is 2. The number of carbonyl (C=O) groups is 1. The van der Waals surface area contributed by atoms with Crippen LogP contribution in [0.1, 0.15) is 28.8 Å². The fraction of sp³-hybridized carbons (Fsp3) is 0.227. The molecule has 1 amide bonds. The Hall–Kier alpha value is -3.41. The van der Waals surface area contributed by atoms with Crippen molar-refractivity contribution in [1.29, 1.82) is 0 Å². The fourth-order valence-corrected chi connectivity index (χ4v) is 2.87. The van der Waals surface area contributed by atoms with Gasteiger partial charge in [-0.15, -0.1) is 0 Å². The van der Waals surface area contributed by atoms with E-state index in [1.165, 1.54) is 5.56 Å². The quantitative estimate of drug-likeness (QED) is 0.668. The van der Waals surface area contributed by atoms with Crippen molar-refractivity contribution in [3.8, 4) is 0 Å². The zero-order valence-corrected chi connectivity index (χ0v) is 16.7.